The smallest absolute Gasteiger partial charge is 0.239 e. The van der Waals surface area contributed by atoms with Crippen molar-refractivity contribution < 1.29 is 4.79 Å². The number of nitrogens with one attached hydrogen (secondary N) is 3. The van der Waals surface area contributed by atoms with E-state index in [1.54, 1.807) is 6.20 Å². The molecule has 0 spiro atoms. The molecule has 1 aromatic rings. The molecule has 0 aliphatic rings. The molecule has 0 atom stereocenters. The highest BCUT2D eigenvalue weighted by Gasteiger charge is 2.05. The van der Waals surface area contributed by atoms with Gasteiger partial charge in [0, 0.05) is 18.3 Å². The Kier molecular flexibility index (Phi) is 5.15. The monoisotopic (exact) mass is 238 g/mol. The van der Waals surface area contributed by atoms with E-state index < -0.39 is 0 Å². The molecule has 1 amide bonds. The molecule has 1 rings (SSSR count). The molecule has 1 heterocycles. The van der Waals surface area contributed by atoms with E-state index in [0.717, 1.165) is 12.0 Å². The fourth-order valence-corrected chi connectivity index (χ4v) is 1.18. The van der Waals surface area contributed by atoms with Crippen molar-refractivity contribution in [3.05, 3.63) is 11.8 Å². The number of carbonyl (C=O) groups is 1. The number of amides is 1. The lowest BCUT2D eigenvalue weighted by Gasteiger charge is -2.09. The van der Waals surface area contributed by atoms with Gasteiger partial charge in [-0.1, -0.05) is 6.92 Å². The zero-order valence-corrected chi connectivity index (χ0v) is 10.1. The van der Waals surface area contributed by atoms with Gasteiger partial charge >= 0.3 is 0 Å². The van der Waals surface area contributed by atoms with Crippen molar-refractivity contribution in [2.24, 2.45) is 5.84 Å². The molecule has 0 radical (unpaired) electrons. The second-order valence-electron chi connectivity index (χ2n) is 3.57. The van der Waals surface area contributed by atoms with Gasteiger partial charge in [-0.05, 0) is 13.3 Å². The minimum absolute atomic E-state index is 0.0629. The molecule has 0 aliphatic carbocycles. The Morgan fingerprint density at radius 2 is 2.29 bits per heavy atom. The van der Waals surface area contributed by atoms with E-state index in [1.165, 1.54) is 0 Å². The predicted octanol–water partition coefficient (Wildman–Crippen LogP) is 0.00872. The van der Waals surface area contributed by atoms with Crippen molar-refractivity contribution in [2.75, 3.05) is 23.8 Å². The molecule has 0 unspecified atom stereocenters. The quantitative estimate of drug-likeness (QED) is 0.411. The van der Waals surface area contributed by atoms with Crippen molar-refractivity contribution in [1.82, 2.24) is 15.3 Å². The van der Waals surface area contributed by atoms with Gasteiger partial charge in [0.25, 0.3) is 0 Å². The number of nitrogen functional groups attached to an aromatic ring is 1. The molecule has 0 bridgehead atoms. The van der Waals surface area contributed by atoms with E-state index in [0.29, 0.717) is 18.3 Å². The second-order valence-corrected chi connectivity index (χ2v) is 3.57. The van der Waals surface area contributed by atoms with Crippen molar-refractivity contribution in [1.29, 1.82) is 0 Å². The second kappa shape index (κ2) is 6.64. The maximum Gasteiger partial charge on any atom is 0.239 e. The van der Waals surface area contributed by atoms with Crippen LogP contribution in [0.5, 0.6) is 0 Å². The van der Waals surface area contributed by atoms with Gasteiger partial charge < -0.3 is 10.6 Å². The van der Waals surface area contributed by atoms with E-state index in [4.69, 9.17) is 5.84 Å². The zero-order valence-electron chi connectivity index (χ0n) is 10.1. The lowest BCUT2D eigenvalue weighted by molar-refractivity contribution is -0.119. The Bertz CT molecular complexity index is 381. The van der Waals surface area contributed by atoms with E-state index in [-0.39, 0.29) is 12.5 Å². The number of hydrogen-bond acceptors (Lipinski definition) is 6. The molecule has 0 saturated heterocycles. The Morgan fingerprint density at radius 3 is 2.94 bits per heavy atom. The van der Waals surface area contributed by atoms with Gasteiger partial charge in [0.05, 0.1) is 6.54 Å². The maximum atomic E-state index is 11.4. The normalized spacial score (nSPS) is 9.82. The molecule has 5 N–H and O–H groups in total. The van der Waals surface area contributed by atoms with Crippen LogP contribution < -0.4 is 21.9 Å². The van der Waals surface area contributed by atoms with E-state index in [1.807, 2.05) is 13.8 Å². The first-order chi connectivity index (χ1) is 8.17. The Labute approximate surface area is 100 Å². The Morgan fingerprint density at radius 1 is 1.53 bits per heavy atom. The summed E-state index contributed by atoms with van der Waals surface area (Å²) in [4.78, 5) is 19.4. The van der Waals surface area contributed by atoms with Gasteiger partial charge in [0.2, 0.25) is 11.9 Å². The number of carbonyl (C=O) groups excluding carboxylic acids is 1. The van der Waals surface area contributed by atoms with Gasteiger partial charge in [0.15, 0.2) is 0 Å². The molecular formula is C10H18N6O. The predicted molar refractivity (Wildman–Crippen MR) is 66.4 cm³/mol. The van der Waals surface area contributed by atoms with Crippen LogP contribution in [0.1, 0.15) is 18.9 Å². The maximum absolute atomic E-state index is 11.4. The van der Waals surface area contributed by atoms with E-state index in [9.17, 15) is 4.79 Å². The number of nitrogens with zero attached hydrogens (tertiary/aromatic N) is 2. The van der Waals surface area contributed by atoms with Crippen molar-refractivity contribution >= 4 is 17.7 Å². The lowest BCUT2D eigenvalue weighted by Crippen LogP contribution is -2.30. The highest BCUT2D eigenvalue weighted by Crippen LogP contribution is 2.11. The molecule has 94 valence electrons. The molecule has 7 heteroatoms. The largest absolute Gasteiger partial charge is 0.361 e. The minimum Gasteiger partial charge on any atom is -0.361 e. The van der Waals surface area contributed by atoms with E-state index in [2.05, 4.69) is 26.0 Å². The third-order valence-corrected chi connectivity index (χ3v) is 2.09. The number of anilines is 2. The highest BCUT2D eigenvalue weighted by molar-refractivity contribution is 5.80. The summed E-state index contributed by atoms with van der Waals surface area (Å²) < 4.78 is 0. The molecule has 0 aromatic carbocycles. The standard InChI is InChI=1S/C10H18N6O/c1-3-4-12-8(17)6-13-9-7(2)5-14-10(15-9)16-11/h5H,3-4,6,11H2,1-2H3,(H,12,17)(H2,13,14,15,16). The van der Waals surface area contributed by atoms with Crippen LogP contribution in [0.25, 0.3) is 0 Å². The van der Waals surface area contributed by atoms with Crippen LogP contribution in [-0.4, -0.2) is 29.0 Å². The first-order valence-corrected chi connectivity index (χ1v) is 5.48. The molecule has 17 heavy (non-hydrogen) atoms. The lowest BCUT2D eigenvalue weighted by atomic mass is 10.3. The zero-order chi connectivity index (χ0) is 12.7. The van der Waals surface area contributed by atoms with Gasteiger partial charge in [-0.25, -0.2) is 10.8 Å². The summed E-state index contributed by atoms with van der Waals surface area (Å²) in [7, 11) is 0. The summed E-state index contributed by atoms with van der Waals surface area (Å²) in [6, 6.07) is 0. The van der Waals surface area contributed by atoms with Crippen molar-refractivity contribution in [3.63, 3.8) is 0 Å². The van der Waals surface area contributed by atoms with Crippen LogP contribution in [0.3, 0.4) is 0 Å². The van der Waals surface area contributed by atoms with Crippen LogP contribution >= 0.6 is 0 Å². The first kappa shape index (κ1) is 13.2. The number of aromatic nitrogens is 2. The van der Waals surface area contributed by atoms with Gasteiger partial charge in [-0.3, -0.25) is 10.2 Å². The minimum atomic E-state index is -0.0629. The van der Waals surface area contributed by atoms with Crippen LogP contribution in [0.15, 0.2) is 6.20 Å². The van der Waals surface area contributed by atoms with Gasteiger partial charge in [-0.15, -0.1) is 0 Å². The van der Waals surface area contributed by atoms with Gasteiger partial charge in [-0.2, -0.15) is 4.98 Å². The average molecular weight is 238 g/mol. The summed E-state index contributed by atoms with van der Waals surface area (Å²) in [5, 5.41) is 5.70. The molecule has 7 nitrogen and oxygen atoms in total. The Balaban J connectivity index is 2.53. The summed E-state index contributed by atoms with van der Waals surface area (Å²) in [6.07, 6.45) is 2.55. The third-order valence-electron chi connectivity index (χ3n) is 2.09. The van der Waals surface area contributed by atoms with Crippen LogP contribution in [0.4, 0.5) is 11.8 Å². The summed E-state index contributed by atoms with van der Waals surface area (Å²) in [5.41, 5.74) is 3.21. The number of aryl methyl sites for hydroxylation is 1. The summed E-state index contributed by atoms with van der Waals surface area (Å²) >= 11 is 0. The van der Waals surface area contributed by atoms with Gasteiger partial charge in [0.1, 0.15) is 5.82 Å². The van der Waals surface area contributed by atoms with E-state index >= 15 is 0 Å². The molecule has 0 fully saturated rings. The first-order valence-electron chi connectivity index (χ1n) is 5.48. The molecule has 0 saturated carbocycles. The summed E-state index contributed by atoms with van der Waals surface area (Å²) in [6.45, 7) is 4.72. The number of rotatable bonds is 6. The topological polar surface area (TPSA) is 105 Å². The fourth-order valence-electron chi connectivity index (χ4n) is 1.18. The van der Waals surface area contributed by atoms with Crippen molar-refractivity contribution in [2.45, 2.75) is 20.3 Å². The number of hydrazine groups is 1. The summed E-state index contributed by atoms with van der Waals surface area (Å²) in [5.74, 6) is 6.05. The number of hydrogen-bond donors (Lipinski definition) is 4. The molecular weight excluding hydrogens is 220 g/mol. The number of nitrogens with two attached hydrogens (primary N) is 1. The fraction of sp³-hybridized carbons (Fsp3) is 0.500. The van der Waals surface area contributed by atoms with Crippen LogP contribution in [0, 0.1) is 6.92 Å². The third kappa shape index (κ3) is 4.23. The SMILES string of the molecule is CCCNC(=O)CNc1nc(NN)ncc1C. The Hall–Kier alpha value is -1.89. The molecule has 1 aromatic heterocycles. The van der Waals surface area contributed by atoms with Crippen molar-refractivity contribution in [3.8, 4) is 0 Å². The highest BCUT2D eigenvalue weighted by atomic mass is 16.1. The van der Waals surface area contributed by atoms with Crippen LogP contribution in [0.2, 0.25) is 0 Å². The molecule has 0 aliphatic heterocycles. The van der Waals surface area contributed by atoms with Crippen LogP contribution in [-0.2, 0) is 4.79 Å². The average Bonchev–Trinajstić information content (AvgIpc) is 2.35.